The van der Waals surface area contributed by atoms with Gasteiger partial charge in [-0.05, 0) is 73.7 Å². The van der Waals surface area contributed by atoms with Crippen LogP contribution in [-0.2, 0) is 32.6 Å². The van der Waals surface area contributed by atoms with Gasteiger partial charge in [0, 0.05) is 19.0 Å². The highest BCUT2D eigenvalue weighted by atomic mass is 32.2. The van der Waals surface area contributed by atoms with E-state index in [-0.39, 0.29) is 35.5 Å². The van der Waals surface area contributed by atoms with Gasteiger partial charge < -0.3 is 15.0 Å². The summed E-state index contributed by atoms with van der Waals surface area (Å²) in [4.78, 5) is 30.2. The Bertz CT molecular complexity index is 1730. The lowest BCUT2D eigenvalue weighted by molar-refractivity contribution is -0.140. The number of hydrogen-bond donors (Lipinski definition) is 1. The SMILES string of the molecule is CC[C@@H](C)NC(=O)[C@H](Cc1ccccc1)N(Cc1ccccc1C)C(=O)CN(c1cc(C)ccc1OC)S(=O)(=O)c1ccccc1. The van der Waals surface area contributed by atoms with Crippen molar-refractivity contribution in [2.24, 2.45) is 0 Å². The van der Waals surface area contributed by atoms with Crippen molar-refractivity contribution < 1.29 is 22.7 Å². The molecule has 0 aliphatic rings. The Morgan fingerprint density at radius 1 is 0.870 bits per heavy atom. The molecule has 0 aliphatic heterocycles. The molecule has 1 N–H and O–H groups in total. The zero-order chi connectivity index (χ0) is 33.3. The summed E-state index contributed by atoms with van der Waals surface area (Å²) in [7, 11) is -2.77. The first kappa shape index (κ1) is 34.2. The molecule has 0 unspecified atom stereocenters. The van der Waals surface area contributed by atoms with Crippen molar-refractivity contribution in [3.8, 4) is 5.75 Å². The highest BCUT2D eigenvalue weighted by Gasteiger charge is 2.36. The first-order valence-corrected chi connectivity index (χ1v) is 16.9. The van der Waals surface area contributed by atoms with Crippen molar-refractivity contribution >= 4 is 27.5 Å². The molecule has 0 radical (unpaired) electrons. The molecular formula is C37H43N3O5S. The van der Waals surface area contributed by atoms with E-state index in [9.17, 15) is 18.0 Å². The zero-order valence-corrected chi connectivity index (χ0v) is 28.0. The highest BCUT2D eigenvalue weighted by molar-refractivity contribution is 7.92. The van der Waals surface area contributed by atoms with Crippen molar-refractivity contribution in [2.45, 2.75) is 64.1 Å². The second-order valence-corrected chi connectivity index (χ2v) is 13.3. The molecule has 4 rings (SSSR count). The summed E-state index contributed by atoms with van der Waals surface area (Å²) in [6.07, 6.45) is 0.964. The molecule has 242 valence electrons. The van der Waals surface area contributed by atoms with Gasteiger partial charge in [-0.15, -0.1) is 0 Å². The van der Waals surface area contributed by atoms with Crippen LogP contribution >= 0.6 is 0 Å². The van der Waals surface area contributed by atoms with Gasteiger partial charge in [-0.1, -0.05) is 85.8 Å². The summed E-state index contributed by atoms with van der Waals surface area (Å²) >= 11 is 0. The molecular weight excluding hydrogens is 598 g/mol. The lowest BCUT2D eigenvalue weighted by atomic mass is 10.0. The van der Waals surface area contributed by atoms with Gasteiger partial charge in [-0.2, -0.15) is 0 Å². The topological polar surface area (TPSA) is 96.0 Å². The van der Waals surface area contributed by atoms with Crippen molar-refractivity contribution in [3.63, 3.8) is 0 Å². The lowest BCUT2D eigenvalue weighted by Crippen LogP contribution is -2.54. The number of nitrogens with one attached hydrogen (secondary N) is 1. The smallest absolute Gasteiger partial charge is 0.264 e. The summed E-state index contributed by atoms with van der Waals surface area (Å²) < 4.78 is 35.2. The van der Waals surface area contributed by atoms with Gasteiger partial charge >= 0.3 is 0 Å². The van der Waals surface area contributed by atoms with Crippen LogP contribution in [0, 0.1) is 13.8 Å². The number of nitrogens with zero attached hydrogens (tertiary/aromatic N) is 2. The van der Waals surface area contributed by atoms with E-state index in [2.05, 4.69) is 5.32 Å². The molecule has 8 nitrogen and oxygen atoms in total. The number of ether oxygens (including phenoxy) is 1. The predicted octanol–water partition coefficient (Wildman–Crippen LogP) is 6.06. The number of hydrogen-bond acceptors (Lipinski definition) is 5. The molecule has 2 amide bonds. The van der Waals surface area contributed by atoms with Crippen molar-refractivity contribution in [1.29, 1.82) is 0 Å². The molecule has 0 aromatic heterocycles. The van der Waals surface area contributed by atoms with Gasteiger partial charge in [0.25, 0.3) is 10.0 Å². The minimum absolute atomic E-state index is 0.0344. The summed E-state index contributed by atoms with van der Waals surface area (Å²) in [6, 6.07) is 29.4. The molecule has 2 atom stereocenters. The van der Waals surface area contributed by atoms with E-state index in [0.717, 1.165) is 26.6 Å². The van der Waals surface area contributed by atoms with Crippen LogP contribution < -0.4 is 14.4 Å². The van der Waals surface area contributed by atoms with E-state index in [1.807, 2.05) is 88.4 Å². The second-order valence-electron chi connectivity index (χ2n) is 11.5. The van der Waals surface area contributed by atoms with Crippen LogP contribution in [0.15, 0.2) is 108 Å². The average Bonchev–Trinajstić information content (AvgIpc) is 3.06. The van der Waals surface area contributed by atoms with E-state index >= 15 is 0 Å². The van der Waals surface area contributed by atoms with Crippen LogP contribution in [0.5, 0.6) is 5.75 Å². The van der Waals surface area contributed by atoms with E-state index in [1.54, 1.807) is 30.3 Å². The number of aryl methyl sites for hydroxylation is 2. The molecule has 46 heavy (non-hydrogen) atoms. The van der Waals surface area contributed by atoms with E-state index < -0.39 is 28.5 Å². The maximum atomic E-state index is 14.7. The molecule has 0 fully saturated rings. The van der Waals surface area contributed by atoms with Gasteiger partial charge in [0.15, 0.2) is 0 Å². The van der Waals surface area contributed by atoms with Crippen LogP contribution in [0.4, 0.5) is 5.69 Å². The number of sulfonamides is 1. The summed E-state index contributed by atoms with van der Waals surface area (Å²) in [6.45, 7) is 7.26. The normalized spacial score (nSPS) is 12.5. The molecule has 0 heterocycles. The Labute approximate surface area is 273 Å². The standard InChI is InChI=1S/C37H43N3O5S/c1-6-29(4)38-37(42)34(24-30-16-9-7-10-17-30)39(25-31-18-14-13-15-28(31)3)36(41)26-40(33-23-27(2)21-22-35(33)45-5)46(43,44)32-19-11-8-12-20-32/h7-23,29,34H,6,24-26H2,1-5H3,(H,38,42)/t29-,34+/m1/s1. The molecule has 0 aliphatic carbocycles. The molecule has 0 saturated heterocycles. The van der Waals surface area contributed by atoms with Crippen LogP contribution in [0.25, 0.3) is 0 Å². The minimum atomic E-state index is -4.24. The van der Waals surface area contributed by atoms with E-state index in [0.29, 0.717) is 12.2 Å². The monoisotopic (exact) mass is 641 g/mol. The molecule has 4 aromatic carbocycles. The molecule has 9 heteroatoms. The summed E-state index contributed by atoms with van der Waals surface area (Å²) in [5, 5.41) is 3.07. The van der Waals surface area contributed by atoms with Crippen molar-refractivity contribution in [2.75, 3.05) is 18.0 Å². The second kappa shape index (κ2) is 15.6. The van der Waals surface area contributed by atoms with E-state index in [4.69, 9.17) is 4.74 Å². The number of anilines is 1. The van der Waals surface area contributed by atoms with Crippen molar-refractivity contribution in [1.82, 2.24) is 10.2 Å². The molecule has 0 bridgehead atoms. The largest absolute Gasteiger partial charge is 0.495 e. The van der Waals surface area contributed by atoms with Gasteiger partial charge in [-0.25, -0.2) is 8.42 Å². The van der Waals surface area contributed by atoms with Crippen LogP contribution in [-0.4, -0.2) is 50.9 Å². The Morgan fingerprint density at radius 3 is 2.13 bits per heavy atom. The molecule has 4 aromatic rings. The number of benzene rings is 4. The molecule has 0 spiro atoms. The third-order valence-corrected chi connectivity index (χ3v) is 9.86. The number of methoxy groups -OCH3 is 1. The van der Waals surface area contributed by atoms with Gasteiger partial charge in [0.2, 0.25) is 11.8 Å². The Kier molecular flexibility index (Phi) is 11.6. The summed E-state index contributed by atoms with van der Waals surface area (Å²) in [5.41, 5.74) is 3.72. The Morgan fingerprint density at radius 2 is 1.50 bits per heavy atom. The van der Waals surface area contributed by atoms with Gasteiger partial charge in [0.1, 0.15) is 18.3 Å². The predicted molar refractivity (Wildman–Crippen MR) is 182 cm³/mol. The number of carbonyl (C=O) groups excluding carboxylic acids is 2. The third kappa shape index (κ3) is 8.34. The van der Waals surface area contributed by atoms with Crippen LogP contribution in [0.3, 0.4) is 0 Å². The Hall–Kier alpha value is -4.63. The quantitative estimate of drug-likeness (QED) is 0.181. The summed E-state index contributed by atoms with van der Waals surface area (Å²) in [5.74, 6) is -0.518. The first-order chi connectivity index (χ1) is 22.0. The Balaban J connectivity index is 1.86. The minimum Gasteiger partial charge on any atom is -0.495 e. The fourth-order valence-electron chi connectivity index (χ4n) is 5.19. The maximum absolute atomic E-state index is 14.7. The van der Waals surface area contributed by atoms with Crippen molar-refractivity contribution in [3.05, 3.63) is 125 Å². The van der Waals surface area contributed by atoms with Crippen LogP contribution in [0.2, 0.25) is 0 Å². The average molecular weight is 642 g/mol. The number of amides is 2. The lowest BCUT2D eigenvalue weighted by Gasteiger charge is -2.35. The highest BCUT2D eigenvalue weighted by Crippen LogP contribution is 2.34. The van der Waals surface area contributed by atoms with Gasteiger partial charge in [0.05, 0.1) is 17.7 Å². The van der Waals surface area contributed by atoms with Crippen LogP contribution in [0.1, 0.15) is 42.5 Å². The number of rotatable bonds is 14. The van der Waals surface area contributed by atoms with E-state index in [1.165, 1.54) is 24.1 Å². The first-order valence-electron chi connectivity index (χ1n) is 15.5. The molecule has 0 saturated carbocycles. The van der Waals surface area contributed by atoms with Gasteiger partial charge in [-0.3, -0.25) is 13.9 Å². The fourth-order valence-corrected chi connectivity index (χ4v) is 6.63. The zero-order valence-electron chi connectivity index (χ0n) is 27.1. The fraction of sp³-hybridized carbons (Fsp3) is 0.297. The number of carbonyl (C=O) groups is 2. The third-order valence-electron chi connectivity index (χ3n) is 8.09. The maximum Gasteiger partial charge on any atom is 0.264 e.